The first kappa shape index (κ1) is 8.78. The average Bonchev–Trinajstić information content (AvgIpc) is 2.85. The number of nitrogens with zero attached hydrogens (tertiary/aromatic N) is 4. The lowest BCUT2D eigenvalue weighted by molar-refractivity contribution is 0.0957. The van der Waals surface area contributed by atoms with E-state index in [0.29, 0.717) is 10.6 Å². The van der Waals surface area contributed by atoms with Crippen LogP contribution in [0.5, 0.6) is 0 Å². The number of nitrogens with two attached hydrogens (primary N) is 1. The van der Waals surface area contributed by atoms with Gasteiger partial charge in [-0.1, -0.05) is 0 Å². The number of rotatable bonds is 2. The Morgan fingerprint density at radius 3 is 3.14 bits per heavy atom. The fourth-order valence-electron chi connectivity index (χ4n) is 0.990. The summed E-state index contributed by atoms with van der Waals surface area (Å²) in [5.41, 5.74) is 2.67. The number of carbonyl (C=O) groups excluding carboxylic acids is 1. The quantitative estimate of drug-likeness (QED) is 0.389. The van der Waals surface area contributed by atoms with E-state index in [1.165, 1.54) is 22.3 Å². The smallest absolute Gasteiger partial charge is 0.277 e. The van der Waals surface area contributed by atoms with E-state index in [9.17, 15) is 4.79 Å². The van der Waals surface area contributed by atoms with E-state index in [-0.39, 0.29) is 5.91 Å². The molecule has 0 fully saturated rings. The molecule has 0 saturated carbocycles. The third-order valence-corrected chi connectivity index (χ3v) is 2.48. The zero-order chi connectivity index (χ0) is 9.97. The molecule has 2 heterocycles. The SMILES string of the molecule is NNC(=O)c1sccc1-n1cnnn1. The van der Waals surface area contributed by atoms with Gasteiger partial charge in [-0.25, -0.2) is 5.84 Å². The summed E-state index contributed by atoms with van der Waals surface area (Å²) in [5.74, 6) is 4.68. The predicted molar refractivity (Wildman–Crippen MR) is 48.7 cm³/mol. The molecule has 0 atom stereocenters. The van der Waals surface area contributed by atoms with Gasteiger partial charge in [0.05, 0.1) is 5.69 Å². The van der Waals surface area contributed by atoms with Gasteiger partial charge in [-0.05, 0) is 21.9 Å². The van der Waals surface area contributed by atoms with Crippen molar-refractivity contribution in [2.45, 2.75) is 0 Å². The maximum Gasteiger partial charge on any atom is 0.277 e. The van der Waals surface area contributed by atoms with Crippen LogP contribution in [0, 0.1) is 0 Å². The van der Waals surface area contributed by atoms with Crippen molar-refractivity contribution in [1.82, 2.24) is 25.6 Å². The third kappa shape index (κ3) is 1.36. The lowest BCUT2D eigenvalue weighted by Gasteiger charge is -1.99. The number of hydrazine groups is 1. The van der Waals surface area contributed by atoms with Crippen molar-refractivity contribution in [3.05, 3.63) is 22.7 Å². The molecular formula is C6H6N6OS. The van der Waals surface area contributed by atoms with Crippen LogP contribution in [-0.4, -0.2) is 26.1 Å². The van der Waals surface area contributed by atoms with Gasteiger partial charge in [-0.3, -0.25) is 10.2 Å². The van der Waals surface area contributed by atoms with Crippen LogP contribution in [-0.2, 0) is 0 Å². The van der Waals surface area contributed by atoms with E-state index < -0.39 is 0 Å². The Morgan fingerprint density at radius 1 is 1.64 bits per heavy atom. The van der Waals surface area contributed by atoms with Gasteiger partial charge in [-0.15, -0.1) is 16.4 Å². The molecule has 14 heavy (non-hydrogen) atoms. The Balaban J connectivity index is 2.45. The van der Waals surface area contributed by atoms with Crippen molar-refractivity contribution < 1.29 is 4.79 Å². The number of nitrogens with one attached hydrogen (secondary N) is 1. The molecule has 0 unspecified atom stereocenters. The fourth-order valence-corrected chi connectivity index (χ4v) is 1.77. The predicted octanol–water partition coefficient (Wildman–Crippen LogP) is -0.673. The van der Waals surface area contributed by atoms with Crippen LogP contribution in [0.2, 0.25) is 0 Å². The maximum atomic E-state index is 11.3. The number of thiophene rings is 1. The van der Waals surface area contributed by atoms with E-state index in [4.69, 9.17) is 5.84 Å². The van der Waals surface area contributed by atoms with Gasteiger partial charge in [0, 0.05) is 0 Å². The Hall–Kier alpha value is -1.80. The summed E-state index contributed by atoms with van der Waals surface area (Å²) in [7, 11) is 0. The number of aromatic nitrogens is 4. The van der Waals surface area contributed by atoms with Crippen LogP contribution in [0.15, 0.2) is 17.8 Å². The van der Waals surface area contributed by atoms with Crippen molar-refractivity contribution in [1.29, 1.82) is 0 Å². The van der Waals surface area contributed by atoms with Gasteiger partial charge in [0.2, 0.25) is 0 Å². The first-order chi connectivity index (χ1) is 6.83. The molecule has 0 aromatic carbocycles. The molecule has 72 valence electrons. The second kappa shape index (κ2) is 3.52. The summed E-state index contributed by atoms with van der Waals surface area (Å²) in [6.07, 6.45) is 1.41. The van der Waals surface area contributed by atoms with Gasteiger partial charge >= 0.3 is 0 Å². The van der Waals surface area contributed by atoms with Crippen LogP contribution in [0.4, 0.5) is 0 Å². The van der Waals surface area contributed by atoms with Gasteiger partial charge in [0.15, 0.2) is 0 Å². The molecule has 3 N–H and O–H groups in total. The Kier molecular flexibility index (Phi) is 2.21. The number of hydrogen-bond acceptors (Lipinski definition) is 6. The Morgan fingerprint density at radius 2 is 2.50 bits per heavy atom. The fraction of sp³-hybridized carbons (Fsp3) is 0. The first-order valence-corrected chi connectivity index (χ1v) is 4.52. The van der Waals surface area contributed by atoms with Gasteiger partial charge in [0.1, 0.15) is 11.2 Å². The number of carbonyl (C=O) groups is 1. The standard InChI is InChI=1S/C6H6N6OS/c7-9-6(13)5-4(1-2-14-5)12-3-8-10-11-12/h1-3H,7H2,(H,9,13). The summed E-state index contributed by atoms with van der Waals surface area (Å²) < 4.78 is 1.40. The van der Waals surface area contributed by atoms with E-state index >= 15 is 0 Å². The summed E-state index contributed by atoms with van der Waals surface area (Å²) in [5, 5.41) is 12.4. The number of amides is 1. The van der Waals surface area contributed by atoms with Crippen LogP contribution in [0.3, 0.4) is 0 Å². The maximum absolute atomic E-state index is 11.3. The van der Waals surface area contributed by atoms with Crippen LogP contribution >= 0.6 is 11.3 Å². The number of nitrogen functional groups attached to an aromatic ring is 1. The average molecular weight is 210 g/mol. The molecule has 1 amide bonds. The Bertz CT molecular complexity index is 435. The Labute approximate surface area is 82.5 Å². The van der Waals surface area contributed by atoms with Crippen molar-refractivity contribution in [3.8, 4) is 5.69 Å². The second-order valence-corrected chi connectivity index (χ2v) is 3.28. The molecule has 2 rings (SSSR count). The van der Waals surface area contributed by atoms with Gasteiger partial charge in [0.25, 0.3) is 5.91 Å². The van der Waals surface area contributed by atoms with Crippen LogP contribution in [0.1, 0.15) is 9.67 Å². The van der Waals surface area contributed by atoms with E-state index in [1.807, 2.05) is 0 Å². The minimum Gasteiger partial charge on any atom is -0.289 e. The molecule has 2 aromatic rings. The molecule has 0 aliphatic carbocycles. The minimum atomic E-state index is -0.356. The lowest BCUT2D eigenvalue weighted by Crippen LogP contribution is -2.30. The minimum absolute atomic E-state index is 0.356. The van der Waals surface area contributed by atoms with E-state index in [2.05, 4.69) is 21.0 Å². The molecule has 0 bridgehead atoms. The molecule has 0 aliphatic rings. The van der Waals surface area contributed by atoms with Crippen molar-refractivity contribution >= 4 is 17.2 Å². The highest BCUT2D eigenvalue weighted by atomic mass is 32.1. The summed E-state index contributed by atoms with van der Waals surface area (Å²) in [6, 6.07) is 1.74. The van der Waals surface area contributed by atoms with Crippen LogP contribution < -0.4 is 11.3 Å². The van der Waals surface area contributed by atoms with Gasteiger partial charge in [-0.2, -0.15) is 4.68 Å². The lowest BCUT2D eigenvalue weighted by atomic mass is 10.4. The third-order valence-electron chi connectivity index (χ3n) is 1.58. The summed E-state index contributed by atoms with van der Waals surface area (Å²) in [6.45, 7) is 0. The monoisotopic (exact) mass is 210 g/mol. The van der Waals surface area contributed by atoms with Crippen LogP contribution in [0.25, 0.3) is 5.69 Å². The highest BCUT2D eigenvalue weighted by Gasteiger charge is 2.13. The molecule has 8 heteroatoms. The zero-order valence-electron chi connectivity index (χ0n) is 6.91. The molecular weight excluding hydrogens is 204 g/mol. The van der Waals surface area contributed by atoms with E-state index in [1.54, 1.807) is 11.4 Å². The topological polar surface area (TPSA) is 98.7 Å². The molecule has 0 aliphatic heterocycles. The summed E-state index contributed by atoms with van der Waals surface area (Å²) in [4.78, 5) is 11.8. The van der Waals surface area contributed by atoms with E-state index in [0.717, 1.165) is 0 Å². The molecule has 0 saturated heterocycles. The first-order valence-electron chi connectivity index (χ1n) is 3.64. The van der Waals surface area contributed by atoms with Crippen molar-refractivity contribution in [3.63, 3.8) is 0 Å². The number of hydrogen-bond donors (Lipinski definition) is 2. The van der Waals surface area contributed by atoms with Crippen molar-refractivity contribution in [2.24, 2.45) is 5.84 Å². The summed E-state index contributed by atoms with van der Waals surface area (Å²) >= 11 is 1.27. The highest BCUT2D eigenvalue weighted by Crippen LogP contribution is 2.19. The molecule has 0 spiro atoms. The zero-order valence-corrected chi connectivity index (χ0v) is 7.73. The number of tetrazole rings is 1. The van der Waals surface area contributed by atoms with Crippen molar-refractivity contribution in [2.75, 3.05) is 0 Å². The second-order valence-electron chi connectivity index (χ2n) is 2.36. The normalized spacial score (nSPS) is 10.1. The molecule has 2 aromatic heterocycles. The molecule has 7 nitrogen and oxygen atoms in total. The largest absolute Gasteiger partial charge is 0.289 e. The highest BCUT2D eigenvalue weighted by molar-refractivity contribution is 7.12. The molecule has 0 radical (unpaired) electrons. The van der Waals surface area contributed by atoms with Gasteiger partial charge < -0.3 is 0 Å².